The summed E-state index contributed by atoms with van der Waals surface area (Å²) in [6, 6.07) is 15.7. The topological polar surface area (TPSA) is 90.1 Å². The van der Waals surface area contributed by atoms with E-state index in [0.717, 1.165) is 11.3 Å². The van der Waals surface area contributed by atoms with Crippen LogP contribution in [0.1, 0.15) is 5.56 Å². The minimum atomic E-state index is -0.448. The molecule has 0 atom stereocenters. The molecule has 0 saturated heterocycles. The van der Waals surface area contributed by atoms with Gasteiger partial charge in [0.15, 0.2) is 0 Å². The summed E-state index contributed by atoms with van der Waals surface area (Å²) in [6.45, 7) is 3.97. The van der Waals surface area contributed by atoms with Gasteiger partial charge in [0.25, 0.3) is 5.69 Å². The van der Waals surface area contributed by atoms with Crippen molar-refractivity contribution in [2.24, 2.45) is 0 Å². The Morgan fingerprint density at radius 1 is 1.19 bits per heavy atom. The van der Waals surface area contributed by atoms with E-state index >= 15 is 0 Å². The Balaban J connectivity index is 1.99. The van der Waals surface area contributed by atoms with Crippen molar-refractivity contribution >= 4 is 11.6 Å². The lowest BCUT2D eigenvalue weighted by Gasteiger charge is -2.03. The molecule has 0 aliphatic carbocycles. The van der Waals surface area contributed by atoms with Crippen LogP contribution >= 0.6 is 0 Å². The summed E-state index contributed by atoms with van der Waals surface area (Å²) in [6.07, 6.45) is 3.56. The molecule has 0 aliphatic heterocycles. The summed E-state index contributed by atoms with van der Waals surface area (Å²) in [7, 11) is 0. The van der Waals surface area contributed by atoms with E-state index in [0.29, 0.717) is 17.8 Å². The molecule has 0 aliphatic rings. The number of non-ortho nitro benzene ring substituents is 1. The van der Waals surface area contributed by atoms with E-state index in [1.54, 1.807) is 29.1 Å². The molecule has 0 spiro atoms. The molecule has 1 N–H and O–H groups in total. The molecule has 7 heteroatoms. The number of para-hydroxylation sites is 1. The molecular formula is C20H18N4O3. The first-order valence-electron chi connectivity index (χ1n) is 8.35. The van der Waals surface area contributed by atoms with Gasteiger partial charge in [-0.15, -0.1) is 6.58 Å². The number of carbonyl (C=O) groups is 1. The maximum Gasteiger partial charge on any atom is 0.269 e. The van der Waals surface area contributed by atoms with E-state index in [2.05, 4.69) is 17.0 Å². The molecule has 1 amide bonds. The third kappa shape index (κ3) is 4.27. The maximum atomic E-state index is 12.2. The number of amides is 1. The van der Waals surface area contributed by atoms with Gasteiger partial charge in [-0.3, -0.25) is 14.9 Å². The van der Waals surface area contributed by atoms with Gasteiger partial charge in [-0.2, -0.15) is 5.10 Å². The van der Waals surface area contributed by atoms with Gasteiger partial charge in [-0.05, 0) is 24.3 Å². The van der Waals surface area contributed by atoms with E-state index in [-0.39, 0.29) is 18.0 Å². The second-order valence-electron chi connectivity index (χ2n) is 5.86. The van der Waals surface area contributed by atoms with Crippen LogP contribution in [0.25, 0.3) is 16.9 Å². The van der Waals surface area contributed by atoms with Crippen LogP contribution in [0.3, 0.4) is 0 Å². The molecule has 3 rings (SSSR count). The van der Waals surface area contributed by atoms with Gasteiger partial charge in [-0.1, -0.05) is 24.3 Å². The fourth-order valence-corrected chi connectivity index (χ4v) is 2.66. The van der Waals surface area contributed by atoms with E-state index in [4.69, 9.17) is 0 Å². The van der Waals surface area contributed by atoms with Gasteiger partial charge in [-0.25, -0.2) is 4.68 Å². The number of hydrogen-bond donors (Lipinski definition) is 1. The predicted molar refractivity (Wildman–Crippen MR) is 103 cm³/mol. The zero-order valence-electron chi connectivity index (χ0n) is 14.5. The highest BCUT2D eigenvalue weighted by atomic mass is 16.6. The first-order chi connectivity index (χ1) is 13.1. The van der Waals surface area contributed by atoms with Gasteiger partial charge in [0.2, 0.25) is 5.91 Å². The van der Waals surface area contributed by atoms with E-state index in [1.807, 2.05) is 30.3 Å². The summed E-state index contributed by atoms with van der Waals surface area (Å²) in [5.74, 6) is -0.148. The Morgan fingerprint density at radius 2 is 1.89 bits per heavy atom. The van der Waals surface area contributed by atoms with E-state index in [1.165, 1.54) is 12.1 Å². The molecule has 27 heavy (non-hydrogen) atoms. The Labute approximate surface area is 156 Å². The van der Waals surface area contributed by atoms with Crippen molar-refractivity contribution in [2.45, 2.75) is 6.42 Å². The van der Waals surface area contributed by atoms with E-state index in [9.17, 15) is 14.9 Å². The molecule has 0 radical (unpaired) electrons. The van der Waals surface area contributed by atoms with E-state index < -0.39 is 4.92 Å². The highest BCUT2D eigenvalue weighted by Crippen LogP contribution is 2.26. The SMILES string of the molecule is C=CCNC(=O)Cc1cn(-c2ccccc2)nc1-c1ccc([N+](=O)[O-])cc1. The summed E-state index contributed by atoms with van der Waals surface area (Å²) in [5.41, 5.74) is 2.92. The zero-order valence-corrected chi connectivity index (χ0v) is 14.5. The number of aromatic nitrogens is 2. The third-order valence-corrected chi connectivity index (χ3v) is 3.96. The third-order valence-electron chi connectivity index (χ3n) is 3.96. The molecule has 0 saturated carbocycles. The van der Waals surface area contributed by atoms with Crippen LogP contribution in [0.2, 0.25) is 0 Å². The highest BCUT2D eigenvalue weighted by molar-refractivity contribution is 5.81. The Bertz CT molecular complexity index is 963. The number of carbonyl (C=O) groups excluding carboxylic acids is 1. The van der Waals surface area contributed by atoms with Crippen molar-refractivity contribution in [1.82, 2.24) is 15.1 Å². The molecule has 136 valence electrons. The molecule has 0 unspecified atom stereocenters. The minimum Gasteiger partial charge on any atom is -0.352 e. The van der Waals surface area contributed by atoms with Crippen LogP contribution in [0, 0.1) is 10.1 Å². The lowest BCUT2D eigenvalue weighted by atomic mass is 10.1. The van der Waals surface area contributed by atoms with Gasteiger partial charge < -0.3 is 5.32 Å². The summed E-state index contributed by atoms with van der Waals surface area (Å²) in [5, 5.41) is 18.2. The van der Waals surface area contributed by atoms with Crippen LogP contribution in [0.5, 0.6) is 0 Å². The largest absolute Gasteiger partial charge is 0.352 e. The number of nitrogens with zero attached hydrogens (tertiary/aromatic N) is 3. The second kappa shape index (κ2) is 8.09. The number of nitro benzene ring substituents is 1. The summed E-state index contributed by atoms with van der Waals surface area (Å²) >= 11 is 0. The van der Waals surface area contributed by atoms with Gasteiger partial charge in [0, 0.05) is 36.0 Å². The predicted octanol–water partition coefficient (Wildman–Crippen LogP) is 3.29. The number of rotatable bonds is 7. The Hall–Kier alpha value is -3.74. The van der Waals surface area contributed by atoms with Crippen molar-refractivity contribution in [3.8, 4) is 16.9 Å². The summed E-state index contributed by atoms with van der Waals surface area (Å²) in [4.78, 5) is 22.6. The molecule has 1 aromatic heterocycles. The zero-order chi connectivity index (χ0) is 19.2. The Kier molecular flexibility index (Phi) is 5.41. The smallest absolute Gasteiger partial charge is 0.269 e. The van der Waals surface area contributed by atoms with Crippen molar-refractivity contribution in [3.63, 3.8) is 0 Å². The second-order valence-corrected chi connectivity index (χ2v) is 5.86. The number of nitrogens with one attached hydrogen (secondary N) is 1. The fourth-order valence-electron chi connectivity index (χ4n) is 2.66. The number of benzene rings is 2. The van der Waals surface area contributed by atoms with Gasteiger partial charge in [0.1, 0.15) is 0 Å². The van der Waals surface area contributed by atoms with Crippen LogP contribution in [0.4, 0.5) is 5.69 Å². The molecule has 1 heterocycles. The van der Waals surface area contributed by atoms with Crippen LogP contribution in [-0.2, 0) is 11.2 Å². The quantitative estimate of drug-likeness (QED) is 0.397. The molecule has 0 fully saturated rings. The molecule has 3 aromatic rings. The molecule has 2 aromatic carbocycles. The van der Waals surface area contributed by atoms with Crippen LogP contribution in [-0.4, -0.2) is 27.2 Å². The van der Waals surface area contributed by atoms with Crippen molar-refractivity contribution in [2.75, 3.05) is 6.54 Å². The highest BCUT2D eigenvalue weighted by Gasteiger charge is 2.16. The standard InChI is InChI=1S/C20H18N4O3/c1-2-12-21-19(25)13-16-14-23(17-6-4-3-5-7-17)22-20(16)15-8-10-18(11-9-15)24(26)27/h2-11,14H,1,12-13H2,(H,21,25). The summed E-state index contributed by atoms with van der Waals surface area (Å²) < 4.78 is 1.70. The molecule has 7 nitrogen and oxygen atoms in total. The van der Waals surface area contributed by atoms with Gasteiger partial charge >= 0.3 is 0 Å². The lowest BCUT2D eigenvalue weighted by Crippen LogP contribution is -2.25. The fraction of sp³-hybridized carbons (Fsp3) is 0.100. The number of nitro groups is 1. The van der Waals surface area contributed by atoms with Crippen molar-refractivity contribution in [1.29, 1.82) is 0 Å². The average Bonchev–Trinajstić information content (AvgIpc) is 3.11. The normalized spacial score (nSPS) is 10.4. The lowest BCUT2D eigenvalue weighted by molar-refractivity contribution is -0.384. The van der Waals surface area contributed by atoms with Crippen molar-refractivity contribution in [3.05, 3.63) is 89.1 Å². The minimum absolute atomic E-state index is 0.00604. The maximum absolute atomic E-state index is 12.2. The molecule has 0 bridgehead atoms. The first-order valence-corrected chi connectivity index (χ1v) is 8.35. The van der Waals surface area contributed by atoms with Crippen LogP contribution in [0.15, 0.2) is 73.4 Å². The monoisotopic (exact) mass is 362 g/mol. The average molecular weight is 362 g/mol. The van der Waals surface area contributed by atoms with Crippen LogP contribution < -0.4 is 5.32 Å². The Morgan fingerprint density at radius 3 is 2.52 bits per heavy atom. The van der Waals surface area contributed by atoms with Crippen molar-refractivity contribution < 1.29 is 9.72 Å². The van der Waals surface area contributed by atoms with Gasteiger partial charge in [0.05, 0.1) is 22.7 Å². The first kappa shape index (κ1) is 18.1. The number of hydrogen-bond acceptors (Lipinski definition) is 4. The molecular weight excluding hydrogens is 344 g/mol.